The average Bonchev–Trinajstić information content (AvgIpc) is 3.14. The van der Waals surface area contributed by atoms with E-state index in [0.29, 0.717) is 6.04 Å². The fourth-order valence-electron chi connectivity index (χ4n) is 3.68. The zero-order chi connectivity index (χ0) is 14.1. The summed E-state index contributed by atoms with van der Waals surface area (Å²) in [5.41, 5.74) is 4.06. The lowest BCUT2D eigenvalue weighted by molar-refractivity contribution is 0.240. The standard InChI is InChI=1S/C17H22N4/c1-2-5-15-14(4-1)19-17(20-15)16-6-3-11-21(16)12-13-7-9-18-10-8-13/h7-10,16H,1-6,11-12H2,(H,19,20). The van der Waals surface area contributed by atoms with Crippen LogP contribution in [0, 0.1) is 0 Å². The molecule has 2 aliphatic rings. The van der Waals surface area contributed by atoms with Gasteiger partial charge in [0.2, 0.25) is 0 Å². The third-order valence-electron chi connectivity index (χ3n) is 4.79. The zero-order valence-electron chi connectivity index (χ0n) is 12.4. The second-order valence-electron chi connectivity index (χ2n) is 6.24. The molecule has 2 aromatic rings. The van der Waals surface area contributed by atoms with E-state index in [4.69, 9.17) is 4.98 Å². The maximum Gasteiger partial charge on any atom is 0.124 e. The molecule has 0 saturated carbocycles. The first-order valence-corrected chi connectivity index (χ1v) is 8.11. The van der Waals surface area contributed by atoms with Crippen LogP contribution in [0.15, 0.2) is 24.5 Å². The molecular formula is C17H22N4. The van der Waals surface area contributed by atoms with Gasteiger partial charge in [-0.1, -0.05) is 0 Å². The lowest BCUT2D eigenvalue weighted by Crippen LogP contribution is -2.23. The number of H-pyrrole nitrogens is 1. The molecule has 0 aromatic carbocycles. The van der Waals surface area contributed by atoms with Crippen molar-refractivity contribution in [3.05, 3.63) is 47.3 Å². The van der Waals surface area contributed by atoms with Crippen molar-refractivity contribution >= 4 is 0 Å². The van der Waals surface area contributed by atoms with E-state index in [-0.39, 0.29) is 0 Å². The van der Waals surface area contributed by atoms with E-state index in [9.17, 15) is 0 Å². The van der Waals surface area contributed by atoms with Crippen molar-refractivity contribution in [1.82, 2.24) is 19.9 Å². The highest BCUT2D eigenvalue weighted by Gasteiger charge is 2.29. The van der Waals surface area contributed by atoms with Crippen molar-refractivity contribution in [2.24, 2.45) is 0 Å². The van der Waals surface area contributed by atoms with Crippen LogP contribution in [0.4, 0.5) is 0 Å². The Labute approximate surface area is 125 Å². The molecule has 0 amide bonds. The van der Waals surface area contributed by atoms with Crippen LogP contribution in [0.5, 0.6) is 0 Å². The highest BCUT2D eigenvalue weighted by molar-refractivity contribution is 5.20. The van der Waals surface area contributed by atoms with E-state index in [1.807, 2.05) is 12.4 Å². The molecular weight excluding hydrogens is 260 g/mol. The Kier molecular flexibility index (Phi) is 3.47. The van der Waals surface area contributed by atoms with Gasteiger partial charge in [-0.2, -0.15) is 0 Å². The summed E-state index contributed by atoms with van der Waals surface area (Å²) >= 11 is 0. The molecule has 1 saturated heterocycles. The largest absolute Gasteiger partial charge is 0.344 e. The second kappa shape index (κ2) is 5.60. The first kappa shape index (κ1) is 13.0. The van der Waals surface area contributed by atoms with E-state index < -0.39 is 0 Å². The fourth-order valence-corrected chi connectivity index (χ4v) is 3.68. The number of nitrogens with zero attached hydrogens (tertiary/aromatic N) is 3. The average molecular weight is 282 g/mol. The van der Waals surface area contributed by atoms with Crippen molar-refractivity contribution in [1.29, 1.82) is 0 Å². The summed E-state index contributed by atoms with van der Waals surface area (Å²) in [5.74, 6) is 1.20. The quantitative estimate of drug-likeness (QED) is 0.941. The highest BCUT2D eigenvalue weighted by atomic mass is 15.2. The molecule has 1 aliphatic carbocycles. The van der Waals surface area contributed by atoms with Crippen LogP contribution in [-0.2, 0) is 19.4 Å². The smallest absolute Gasteiger partial charge is 0.124 e. The van der Waals surface area contributed by atoms with Gasteiger partial charge in [-0.3, -0.25) is 9.88 Å². The Morgan fingerprint density at radius 1 is 1.14 bits per heavy atom. The molecule has 1 N–H and O–H groups in total. The van der Waals surface area contributed by atoms with Crippen LogP contribution in [0.1, 0.15) is 54.5 Å². The predicted octanol–water partition coefficient (Wildman–Crippen LogP) is 3.02. The third-order valence-corrected chi connectivity index (χ3v) is 4.79. The summed E-state index contributed by atoms with van der Waals surface area (Å²) in [7, 11) is 0. The van der Waals surface area contributed by atoms with Gasteiger partial charge in [-0.05, 0) is 62.8 Å². The molecule has 0 radical (unpaired) electrons. The van der Waals surface area contributed by atoms with Gasteiger partial charge in [0.15, 0.2) is 0 Å². The van der Waals surface area contributed by atoms with Crippen LogP contribution >= 0.6 is 0 Å². The molecule has 1 atom stereocenters. The molecule has 1 aliphatic heterocycles. The van der Waals surface area contributed by atoms with Crippen LogP contribution in [0.2, 0.25) is 0 Å². The van der Waals surface area contributed by atoms with Crippen molar-refractivity contribution < 1.29 is 0 Å². The molecule has 2 aromatic heterocycles. The number of hydrogen-bond donors (Lipinski definition) is 1. The maximum absolute atomic E-state index is 4.92. The Hall–Kier alpha value is -1.68. The SMILES string of the molecule is c1cc(CN2CCCC2c2nc3c([nH]2)CCCC3)ccn1. The summed E-state index contributed by atoms with van der Waals surface area (Å²) in [6.45, 7) is 2.16. The summed E-state index contributed by atoms with van der Waals surface area (Å²) < 4.78 is 0. The topological polar surface area (TPSA) is 44.8 Å². The molecule has 21 heavy (non-hydrogen) atoms. The van der Waals surface area contributed by atoms with Crippen LogP contribution in [-0.4, -0.2) is 26.4 Å². The van der Waals surface area contributed by atoms with Crippen molar-refractivity contribution in [2.75, 3.05) is 6.54 Å². The Morgan fingerprint density at radius 3 is 2.86 bits per heavy atom. The Morgan fingerprint density at radius 2 is 2.00 bits per heavy atom. The Balaban J connectivity index is 1.54. The van der Waals surface area contributed by atoms with Crippen LogP contribution < -0.4 is 0 Å². The van der Waals surface area contributed by atoms with Crippen LogP contribution in [0.25, 0.3) is 0 Å². The monoisotopic (exact) mass is 282 g/mol. The Bertz CT molecular complexity index is 581. The van der Waals surface area contributed by atoms with Crippen LogP contribution in [0.3, 0.4) is 0 Å². The number of pyridine rings is 1. The molecule has 0 spiro atoms. The van der Waals surface area contributed by atoms with E-state index in [0.717, 1.165) is 13.0 Å². The minimum atomic E-state index is 0.462. The number of aromatic nitrogens is 3. The normalized spacial score (nSPS) is 22.4. The van der Waals surface area contributed by atoms with Crippen molar-refractivity contribution in [3.8, 4) is 0 Å². The van der Waals surface area contributed by atoms with E-state index in [2.05, 4.69) is 27.0 Å². The van der Waals surface area contributed by atoms with E-state index >= 15 is 0 Å². The van der Waals surface area contributed by atoms with Gasteiger partial charge in [-0.15, -0.1) is 0 Å². The minimum absolute atomic E-state index is 0.462. The van der Waals surface area contributed by atoms with Gasteiger partial charge in [0.1, 0.15) is 5.82 Å². The first-order valence-electron chi connectivity index (χ1n) is 8.11. The van der Waals surface area contributed by atoms with Gasteiger partial charge in [-0.25, -0.2) is 4.98 Å². The summed E-state index contributed by atoms with van der Waals surface area (Å²) in [5, 5.41) is 0. The fraction of sp³-hybridized carbons (Fsp3) is 0.529. The lowest BCUT2D eigenvalue weighted by Gasteiger charge is -2.22. The number of rotatable bonds is 3. The number of likely N-dealkylation sites (tertiary alicyclic amines) is 1. The van der Waals surface area contributed by atoms with E-state index in [1.165, 1.54) is 61.4 Å². The highest BCUT2D eigenvalue weighted by Crippen LogP contribution is 2.33. The number of aryl methyl sites for hydroxylation is 2. The number of nitrogens with one attached hydrogen (secondary N) is 1. The third kappa shape index (κ3) is 2.60. The first-order chi connectivity index (χ1) is 10.4. The molecule has 0 bridgehead atoms. The summed E-state index contributed by atoms with van der Waals surface area (Å²) in [6.07, 6.45) is 11.2. The molecule has 1 fully saturated rings. The molecule has 110 valence electrons. The second-order valence-corrected chi connectivity index (χ2v) is 6.24. The van der Waals surface area contributed by atoms with Gasteiger partial charge in [0.25, 0.3) is 0 Å². The summed E-state index contributed by atoms with van der Waals surface area (Å²) in [6, 6.07) is 4.69. The number of imidazole rings is 1. The molecule has 1 unspecified atom stereocenters. The summed E-state index contributed by atoms with van der Waals surface area (Å²) in [4.78, 5) is 15.2. The molecule has 4 rings (SSSR count). The lowest BCUT2D eigenvalue weighted by atomic mass is 10.0. The minimum Gasteiger partial charge on any atom is -0.344 e. The van der Waals surface area contributed by atoms with Gasteiger partial charge in [0, 0.05) is 24.6 Å². The zero-order valence-corrected chi connectivity index (χ0v) is 12.4. The van der Waals surface area contributed by atoms with E-state index in [1.54, 1.807) is 0 Å². The van der Waals surface area contributed by atoms with Gasteiger partial charge < -0.3 is 4.98 Å². The van der Waals surface area contributed by atoms with Crippen molar-refractivity contribution in [3.63, 3.8) is 0 Å². The van der Waals surface area contributed by atoms with Crippen molar-refractivity contribution in [2.45, 2.75) is 51.1 Å². The maximum atomic E-state index is 4.92. The number of aromatic amines is 1. The molecule has 3 heterocycles. The predicted molar refractivity (Wildman–Crippen MR) is 81.9 cm³/mol. The number of hydrogen-bond acceptors (Lipinski definition) is 3. The molecule has 4 heteroatoms. The molecule has 4 nitrogen and oxygen atoms in total. The number of fused-ring (bicyclic) bond motifs is 1. The van der Waals surface area contributed by atoms with Gasteiger partial charge in [0.05, 0.1) is 11.7 Å². The van der Waals surface area contributed by atoms with Gasteiger partial charge >= 0.3 is 0 Å².